The van der Waals surface area contributed by atoms with E-state index in [1.54, 1.807) is 0 Å². The predicted molar refractivity (Wildman–Crippen MR) is 75.9 cm³/mol. The van der Waals surface area contributed by atoms with Crippen LogP contribution in [0.15, 0.2) is 24.3 Å². The van der Waals surface area contributed by atoms with Crippen molar-refractivity contribution in [2.75, 3.05) is 5.32 Å². The molecule has 2 aromatic rings. The first-order valence-electron chi connectivity index (χ1n) is 5.51. The quantitative estimate of drug-likeness (QED) is 0.872. The molecule has 2 rings (SSSR count). The van der Waals surface area contributed by atoms with Crippen LogP contribution in [0, 0.1) is 0 Å². The molecule has 0 aliphatic rings. The van der Waals surface area contributed by atoms with E-state index in [0.717, 1.165) is 23.1 Å². The molecule has 0 bridgehead atoms. The third kappa shape index (κ3) is 3.04. The zero-order valence-electron chi connectivity index (χ0n) is 9.44. The normalized spacial score (nSPS) is 12.6. The average molecular weight is 313 g/mol. The molecule has 1 unspecified atom stereocenters. The molecule has 1 heterocycles. The van der Waals surface area contributed by atoms with Gasteiger partial charge < -0.3 is 5.32 Å². The SMILES string of the molecule is CCCC(Br)C(=O)Nc1nc2ccccc2s1. The number of thiazole rings is 1. The van der Waals surface area contributed by atoms with Gasteiger partial charge in [-0.05, 0) is 18.6 Å². The van der Waals surface area contributed by atoms with Gasteiger partial charge in [-0.25, -0.2) is 4.98 Å². The standard InChI is InChI=1S/C12H13BrN2OS/c1-2-5-8(13)11(16)15-12-14-9-6-3-4-7-10(9)17-12/h3-4,6-8H,2,5H2,1H3,(H,14,15,16). The number of fused-ring (bicyclic) bond motifs is 1. The van der Waals surface area contributed by atoms with Gasteiger partial charge in [0.1, 0.15) is 0 Å². The number of nitrogens with zero attached hydrogens (tertiary/aromatic N) is 1. The molecular formula is C12H13BrN2OS. The lowest BCUT2D eigenvalue weighted by atomic mass is 10.2. The highest BCUT2D eigenvalue weighted by Gasteiger charge is 2.15. The second-order valence-corrected chi connectivity index (χ2v) is 5.87. The van der Waals surface area contributed by atoms with Gasteiger partial charge in [-0.15, -0.1) is 0 Å². The minimum atomic E-state index is -0.139. The van der Waals surface area contributed by atoms with Gasteiger partial charge in [0.15, 0.2) is 5.13 Å². The topological polar surface area (TPSA) is 42.0 Å². The molecule has 3 nitrogen and oxygen atoms in total. The number of aromatic nitrogens is 1. The van der Waals surface area contributed by atoms with Gasteiger partial charge in [0.25, 0.3) is 0 Å². The van der Waals surface area contributed by atoms with Crippen LogP contribution in [0.3, 0.4) is 0 Å². The first-order chi connectivity index (χ1) is 8.20. The number of rotatable bonds is 4. The Kier molecular flexibility index (Phi) is 4.12. The molecular weight excluding hydrogens is 300 g/mol. The van der Waals surface area contributed by atoms with E-state index < -0.39 is 0 Å². The number of amides is 1. The molecule has 17 heavy (non-hydrogen) atoms. The molecule has 0 spiro atoms. The summed E-state index contributed by atoms with van der Waals surface area (Å²) in [7, 11) is 0. The number of alkyl halides is 1. The lowest BCUT2D eigenvalue weighted by Crippen LogP contribution is -2.22. The van der Waals surface area contributed by atoms with Crippen LogP contribution in [0.25, 0.3) is 10.2 Å². The van der Waals surface area contributed by atoms with Crippen molar-refractivity contribution in [2.45, 2.75) is 24.6 Å². The van der Waals surface area contributed by atoms with Crippen LogP contribution in [0.1, 0.15) is 19.8 Å². The van der Waals surface area contributed by atoms with E-state index >= 15 is 0 Å². The summed E-state index contributed by atoms with van der Waals surface area (Å²) in [5, 5.41) is 3.50. The van der Waals surface area contributed by atoms with Crippen LogP contribution in [0.2, 0.25) is 0 Å². The van der Waals surface area contributed by atoms with Crippen LogP contribution < -0.4 is 5.32 Å². The van der Waals surface area contributed by atoms with E-state index in [1.165, 1.54) is 11.3 Å². The van der Waals surface area contributed by atoms with Crippen molar-refractivity contribution in [2.24, 2.45) is 0 Å². The van der Waals surface area contributed by atoms with E-state index in [-0.39, 0.29) is 10.7 Å². The lowest BCUT2D eigenvalue weighted by Gasteiger charge is -2.06. The monoisotopic (exact) mass is 312 g/mol. The van der Waals surface area contributed by atoms with E-state index in [9.17, 15) is 4.79 Å². The zero-order valence-corrected chi connectivity index (χ0v) is 11.8. The molecule has 1 aromatic carbocycles. The van der Waals surface area contributed by atoms with Crippen molar-refractivity contribution in [3.8, 4) is 0 Å². The van der Waals surface area contributed by atoms with Crippen LogP contribution in [0.4, 0.5) is 5.13 Å². The maximum absolute atomic E-state index is 11.8. The first-order valence-corrected chi connectivity index (χ1v) is 7.24. The van der Waals surface area contributed by atoms with Crippen molar-refractivity contribution in [1.29, 1.82) is 0 Å². The number of benzene rings is 1. The fraction of sp³-hybridized carbons (Fsp3) is 0.333. The third-order valence-electron chi connectivity index (χ3n) is 2.35. The molecule has 5 heteroatoms. The van der Waals surface area contributed by atoms with Crippen LogP contribution >= 0.6 is 27.3 Å². The van der Waals surface area contributed by atoms with E-state index in [0.29, 0.717) is 5.13 Å². The number of para-hydroxylation sites is 1. The molecule has 1 atom stereocenters. The minimum Gasteiger partial charge on any atom is -0.301 e. The summed E-state index contributed by atoms with van der Waals surface area (Å²) in [5.74, 6) is -0.0223. The minimum absolute atomic E-state index is 0.0223. The van der Waals surface area contributed by atoms with Crippen LogP contribution in [-0.4, -0.2) is 15.7 Å². The summed E-state index contributed by atoms with van der Waals surface area (Å²) < 4.78 is 1.09. The molecule has 0 radical (unpaired) electrons. The third-order valence-corrected chi connectivity index (χ3v) is 4.18. The van der Waals surface area contributed by atoms with Gasteiger partial charge in [-0.3, -0.25) is 4.79 Å². The highest BCUT2D eigenvalue weighted by atomic mass is 79.9. The smallest absolute Gasteiger partial charge is 0.239 e. The van der Waals surface area contributed by atoms with Gasteiger partial charge in [0.2, 0.25) is 5.91 Å². The Morgan fingerprint density at radius 1 is 1.53 bits per heavy atom. The molecule has 0 saturated heterocycles. The largest absolute Gasteiger partial charge is 0.301 e. The second-order valence-electron chi connectivity index (χ2n) is 3.73. The Morgan fingerprint density at radius 2 is 2.29 bits per heavy atom. The Balaban J connectivity index is 2.10. The Bertz CT molecular complexity index is 493. The average Bonchev–Trinajstić information content (AvgIpc) is 2.71. The summed E-state index contributed by atoms with van der Waals surface area (Å²) in [6, 6.07) is 7.86. The first kappa shape index (κ1) is 12.5. The molecule has 90 valence electrons. The van der Waals surface area contributed by atoms with Crippen molar-refractivity contribution in [3.63, 3.8) is 0 Å². The summed E-state index contributed by atoms with van der Waals surface area (Å²) >= 11 is 4.87. The second kappa shape index (κ2) is 5.60. The maximum atomic E-state index is 11.8. The Hall–Kier alpha value is -0.940. The summed E-state index contributed by atoms with van der Waals surface area (Å²) in [4.78, 5) is 16.0. The van der Waals surface area contributed by atoms with Crippen molar-refractivity contribution in [1.82, 2.24) is 4.98 Å². The molecule has 1 aromatic heterocycles. The summed E-state index contributed by atoms with van der Waals surface area (Å²) in [6.07, 6.45) is 1.81. The van der Waals surface area contributed by atoms with Crippen LogP contribution in [0.5, 0.6) is 0 Å². The maximum Gasteiger partial charge on any atom is 0.239 e. The zero-order chi connectivity index (χ0) is 12.3. The number of hydrogen-bond acceptors (Lipinski definition) is 3. The number of anilines is 1. The molecule has 0 fully saturated rings. The van der Waals surface area contributed by atoms with Crippen molar-refractivity contribution < 1.29 is 4.79 Å². The molecule has 0 saturated carbocycles. The number of halogens is 1. The lowest BCUT2D eigenvalue weighted by molar-refractivity contribution is -0.115. The number of carbonyl (C=O) groups excluding carboxylic acids is 1. The van der Waals surface area contributed by atoms with E-state index in [4.69, 9.17) is 0 Å². The fourth-order valence-electron chi connectivity index (χ4n) is 1.49. The van der Waals surface area contributed by atoms with Gasteiger partial charge >= 0.3 is 0 Å². The van der Waals surface area contributed by atoms with Gasteiger partial charge in [-0.1, -0.05) is 52.7 Å². The fourth-order valence-corrected chi connectivity index (χ4v) is 2.93. The number of hydrogen-bond donors (Lipinski definition) is 1. The highest BCUT2D eigenvalue weighted by molar-refractivity contribution is 9.10. The van der Waals surface area contributed by atoms with Gasteiger partial charge in [0, 0.05) is 0 Å². The summed E-state index contributed by atoms with van der Waals surface area (Å²) in [5.41, 5.74) is 0.925. The summed E-state index contributed by atoms with van der Waals surface area (Å²) in [6.45, 7) is 2.05. The molecule has 1 N–H and O–H groups in total. The molecule has 0 aliphatic carbocycles. The number of nitrogens with one attached hydrogen (secondary N) is 1. The Labute approximate surface area is 112 Å². The van der Waals surface area contributed by atoms with Crippen LogP contribution in [-0.2, 0) is 4.79 Å². The number of carbonyl (C=O) groups is 1. The highest BCUT2D eigenvalue weighted by Crippen LogP contribution is 2.25. The Morgan fingerprint density at radius 3 is 3.00 bits per heavy atom. The molecule has 1 amide bonds. The molecule has 0 aliphatic heterocycles. The van der Waals surface area contributed by atoms with E-state index in [2.05, 4.69) is 33.2 Å². The van der Waals surface area contributed by atoms with Crippen molar-refractivity contribution >= 4 is 48.5 Å². The predicted octanol–water partition coefficient (Wildman–Crippen LogP) is 3.80. The van der Waals surface area contributed by atoms with Gasteiger partial charge in [-0.2, -0.15) is 0 Å². The van der Waals surface area contributed by atoms with E-state index in [1.807, 2.05) is 24.3 Å². The van der Waals surface area contributed by atoms with Crippen molar-refractivity contribution in [3.05, 3.63) is 24.3 Å². The van der Waals surface area contributed by atoms with Gasteiger partial charge in [0.05, 0.1) is 15.0 Å².